The molecule has 2 atom stereocenters. The van der Waals surface area contributed by atoms with E-state index in [1.807, 2.05) is 0 Å². The fourth-order valence-corrected chi connectivity index (χ4v) is 6.34. The fourth-order valence-electron chi connectivity index (χ4n) is 5.12. The zero-order valence-corrected chi connectivity index (χ0v) is 11.6. The Bertz CT molecular complexity index is 468. The van der Waals surface area contributed by atoms with E-state index in [9.17, 15) is 0 Å². The molecule has 0 N–H and O–H groups in total. The summed E-state index contributed by atoms with van der Waals surface area (Å²) in [6.45, 7) is 4.48. The van der Waals surface area contributed by atoms with Gasteiger partial charge in [0.15, 0.2) is 0 Å². The van der Waals surface area contributed by atoms with Crippen molar-refractivity contribution in [2.24, 2.45) is 10.8 Å². The molecule has 4 rings (SSSR count). The fraction of sp³-hybridized carbons (Fsp3) is 0.600. The van der Waals surface area contributed by atoms with Gasteiger partial charge in [0.2, 0.25) is 0 Å². The first kappa shape index (κ1) is 10.7. The van der Waals surface area contributed by atoms with Gasteiger partial charge in [0, 0.05) is 10.8 Å². The van der Waals surface area contributed by atoms with Gasteiger partial charge in [-0.15, -0.1) is 23.2 Å². The Balaban J connectivity index is 1.97. The Labute approximate surface area is 112 Å². The summed E-state index contributed by atoms with van der Waals surface area (Å²) in [6.07, 6.45) is 2.51. The minimum atomic E-state index is -0.551. The van der Waals surface area contributed by atoms with Crippen molar-refractivity contribution in [2.45, 2.75) is 42.9 Å². The van der Waals surface area contributed by atoms with Crippen molar-refractivity contribution in [3.05, 3.63) is 35.4 Å². The number of benzene rings is 1. The standard InChI is InChI=1S/C15H16Cl2/c1-13(2)14(15(13,16)17)11-7-8-12(14)10-6-4-3-5-9(10)11/h3-6,11-12H,7-8H2,1-2H3/t11-,12-/m1/s1. The predicted molar refractivity (Wildman–Crippen MR) is 71.8 cm³/mol. The van der Waals surface area contributed by atoms with Crippen LogP contribution in [-0.4, -0.2) is 4.33 Å². The first-order valence-corrected chi connectivity index (χ1v) is 7.18. The molecule has 0 unspecified atom stereocenters. The summed E-state index contributed by atoms with van der Waals surface area (Å²) in [5, 5.41) is 0. The van der Waals surface area contributed by atoms with Gasteiger partial charge in [-0.3, -0.25) is 0 Å². The molecule has 17 heavy (non-hydrogen) atoms. The van der Waals surface area contributed by atoms with Crippen LogP contribution in [0.5, 0.6) is 0 Å². The van der Waals surface area contributed by atoms with Crippen LogP contribution < -0.4 is 0 Å². The molecule has 1 aromatic rings. The molecule has 90 valence electrons. The van der Waals surface area contributed by atoms with E-state index in [-0.39, 0.29) is 10.8 Å². The SMILES string of the molecule is CC1(C)C(Cl)(Cl)C12[C@@H]1CC[C@@H]2c2ccccc21. The summed E-state index contributed by atoms with van der Waals surface area (Å²) in [6, 6.07) is 8.85. The second kappa shape index (κ2) is 2.70. The van der Waals surface area contributed by atoms with Crippen LogP contribution in [0.2, 0.25) is 0 Å². The summed E-state index contributed by atoms with van der Waals surface area (Å²) in [7, 11) is 0. The average molecular weight is 267 g/mol. The van der Waals surface area contributed by atoms with Crippen molar-refractivity contribution in [2.75, 3.05) is 0 Å². The molecular weight excluding hydrogens is 251 g/mol. The Kier molecular flexibility index (Phi) is 1.70. The monoisotopic (exact) mass is 266 g/mol. The molecule has 0 nitrogen and oxygen atoms in total. The van der Waals surface area contributed by atoms with Crippen molar-refractivity contribution < 1.29 is 0 Å². The van der Waals surface area contributed by atoms with Crippen molar-refractivity contribution in [1.82, 2.24) is 0 Å². The Hall–Kier alpha value is -0.200. The van der Waals surface area contributed by atoms with Crippen LogP contribution in [0.15, 0.2) is 24.3 Å². The molecular formula is C15H16Cl2. The third-order valence-electron chi connectivity index (χ3n) is 5.87. The molecule has 1 spiro atoms. The zero-order chi connectivity index (χ0) is 12.1. The topological polar surface area (TPSA) is 0 Å². The maximum Gasteiger partial charge on any atom is 0.131 e. The van der Waals surface area contributed by atoms with Gasteiger partial charge >= 0.3 is 0 Å². The highest BCUT2D eigenvalue weighted by atomic mass is 35.5. The molecule has 2 fully saturated rings. The van der Waals surface area contributed by atoms with E-state index < -0.39 is 4.33 Å². The van der Waals surface area contributed by atoms with E-state index >= 15 is 0 Å². The maximum absolute atomic E-state index is 6.68. The lowest BCUT2D eigenvalue weighted by Crippen LogP contribution is -2.14. The largest absolute Gasteiger partial charge is 0.131 e. The number of hydrogen-bond donors (Lipinski definition) is 0. The van der Waals surface area contributed by atoms with Crippen molar-refractivity contribution >= 4 is 23.2 Å². The zero-order valence-electron chi connectivity index (χ0n) is 10.1. The Morgan fingerprint density at radius 3 is 1.76 bits per heavy atom. The number of hydrogen-bond acceptors (Lipinski definition) is 0. The summed E-state index contributed by atoms with van der Waals surface area (Å²) in [5.74, 6) is 1.15. The van der Waals surface area contributed by atoms with Crippen LogP contribution in [0.4, 0.5) is 0 Å². The van der Waals surface area contributed by atoms with Crippen LogP contribution in [-0.2, 0) is 0 Å². The molecule has 0 aliphatic heterocycles. The smallest absolute Gasteiger partial charge is 0.100 e. The molecule has 0 amide bonds. The highest BCUT2D eigenvalue weighted by molar-refractivity contribution is 6.52. The molecule has 0 radical (unpaired) electrons. The number of halogens is 2. The van der Waals surface area contributed by atoms with E-state index in [4.69, 9.17) is 23.2 Å². The van der Waals surface area contributed by atoms with Gasteiger partial charge < -0.3 is 0 Å². The highest BCUT2D eigenvalue weighted by Crippen LogP contribution is 2.91. The molecule has 0 heterocycles. The molecule has 3 aliphatic carbocycles. The van der Waals surface area contributed by atoms with E-state index in [1.54, 1.807) is 0 Å². The summed E-state index contributed by atoms with van der Waals surface area (Å²) in [4.78, 5) is 0. The third kappa shape index (κ3) is 0.814. The van der Waals surface area contributed by atoms with Crippen LogP contribution in [0, 0.1) is 10.8 Å². The van der Waals surface area contributed by atoms with Crippen LogP contribution in [0.25, 0.3) is 0 Å². The predicted octanol–water partition coefficient (Wildman–Crippen LogP) is 4.86. The Morgan fingerprint density at radius 1 is 1.00 bits per heavy atom. The highest BCUT2D eigenvalue weighted by Gasteiger charge is 2.89. The quantitative estimate of drug-likeness (QED) is 0.589. The first-order chi connectivity index (χ1) is 7.96. The van der Waals surface area contributed by atoms with Gasteiger partial charge in [0.25, 0.3) is 0 Å². The van der Waals surface area contributed by atoms with E-state index in [1.165, 1.54) is 24.0 Å². The number of fused-ring (bicyclic) bond motifs is 3. The minimum Gasteiger partial charge on any atom is -0.100 e. The average Bonchev–Trinajstić information content (AvgIpc) is 2.70. The minimum absolute atomic E-state index is 0.0357. The van der Waals surface area contributed by atoms with Crippen molar-refractivity contribution in [3.63, 3.8) is 0 Å². The third-order valence-corrected chi connectivity index (χ3v) is 7.44. The molecule has 1 aromatic carbocycles. The Morgan fingerprint density at radius 2 is 1.41 bits per heavy atom. The first-order valence-electron chi connectivity index (χ1n) is 6.43. The number of alkyl halides is 2. The van der Waals surface area contributed by atoms with E-state index in [0.29, 0.717) is 11.8 Å². The van der Waals surface area contributed by atoms with Gasteiger partial charge in [-0.05, 0) is 35.8 Å². The molecule has 0 saturated heterocycles. The van der Waals surface area contributed by atoms with Gasteiger partial charge in [-0.25, -0.2) is 0 Å². The van der Waals surface area contributed by atoms with Crippen molar-refractivity contribution in [1.29, 1.82) is 0 Å². The summed E-state index contributed by atoms with van der Waals surface area (Å²) in [5.41, 5.74) is 3.17. The van der Waals surface area contributed by atoms with Gasteiger partial charge in [-0.2, -0.15) is 0 Å². The molecule has 2 heteroatoms. The second-order valence-electron chi connectivity index (χ2n) is 6.38. The molecule has 0 aromatic heterocycles. The van der Waals surface area contributed by atoms with Gasteiger partial charge in [0.1, 0.15) is 4.33 Å². The van der Waals surface area contributed by atoms with Crippen molar-refractivity contribution in [3.8, 4) is 0 Å². The molecule has 2 bridgehead atoms. The lowest BCUT2D eigenvalue weighted by molar-refractivity contribution is 0.346. The molecule has 2 saturated carbocycles. The van der Waals surface area contributed by atoms with Gasteiger partial charge in [0.05, 0.1) is 0 Å². The number of rotatable bonds is 0. The normalized spacial score (nSPS) is 42.8. The maximum atomic E-state index is 6.68. The summed E-state index contributed by atoms with van der Waals surface area (Å²) >= 11 is 13.4. The summed E-state index contributed by atoms with van der Waals surface area (Å²) < 4.78 is -0.551. The second-order valence-corrected chi connectivity index (χ2v) is 7.71. The van der Waals surface area contributed by atoms with Crippen LogP contribution in [0.1, 0.15) is 49.7 Å². The van der Waals surface area contributed by atoms with Gasteiger partial charge in [-0.1, -0.05) is 38.1 Å². The van der Waals surface area contributed by atoms with E-state index in [0.717, 1.165) is 0 Å². The molecule has 3 aliphatic rings. The lowest BCUT2D eigenvalue weighted by Gasteiger charge is -2.19. The van der Waals surface area contributed by atoms with Crippen LogP contribution >= 0.6 is 23.2 Å². The lowest BCUT2D eigenvalue weighted by atomic mass is 9.84. The van der Waals surface area contributed by atoms with Crippen LogP contribution in [0.3, 0.4) is 0 Å². The van der Waals surface area contributed by atoms with E-state index in [2.05, 4.69) is 38.1 Å².